The monoisotopic (exact) mass is 167 g/mol. The zero-order valence-corrected chi connectivity index (χ0v) is 7.97. The summed E-state index contributed by atoms with van der Waals surface area (Å²) in [6.07, 6.45) is 2.72. The van der Waals surface area contributed by atoms with Crippen molar-refractivity contribution < 1.29 is 4.74 Å². The van der Waals surface area contributed by atoms with Crippen LogP contribution in [0, 0.1) is 0 Å². The Labute approximate surface area is 74.2 Å². The maximum atomic E-state index is 5.38. The number of hydrogen-bond donors (Lipinski definition) is 0. The van der Waals surface area contributed by atoms with Crippen LogP contribution in [0.2, 0.25) is 0 Å². The third-order valence-electron chi connectivity index (χ3n) is 3.53. The summed E-state index contributed by atoms with van der Waals surface area (Å²) < 4.78 is 5.38. The molecule has 2 atom stereocenters. The standard InChI is InChI=1S/C10H17NO/c1-8-4-5-11-7-9(12-3)6-10(8,11)2/h9H,1,4-7H2,2-3H3/t9-,10-/m1/s1. The fourth-order valence-electron chi connectivity index (χ4n) is 2.49. The molecule has 0 radical (unpaired) electrons. The molecule has 0 saturated carbocycles. The SMILES string of the molecule is C=C1CCN2C[C@H](OC)C[C@]12C. The van der Waals surface area contributed by atoms with Gasteiger partial charge in [0.05, 0.1) is 6.10 Å². The van der Waals surface area contributed by atoms with Crippen LogP contribution in [0.4, 0.5) is 0 Å². The minimum atomic E-state index is 0.251. The first-order valence-corrected chi connectivity index (χ1v) is 4.63. The molecule has 2 saturated heterocycles. The van der Waals surface area contributed by atoms with Gasteiger partial charge in [-0.3, -0.25) is 4.90 Å². The Morgan fingerprint density at radius 2 is 2.42 bits per heavy atom. The first kappa shape index (κ1) is 8.27. The van der Waals surface area contributed by atoms with Gasteiger partial charge >= 0.3 is 0 Å². The van der Waals surface area contributed by atoms with Crippen molar-refractivity contribution >= 4 is 0 Å². The topological polar surface area (TPSA) is 12.5 Å². The maximum Gasteiger partial charge on any atom is 0.0719 e. The van der Waals surface area contributed by atoms with Crippen LogP contribution in [0.3, 0.4) is 0 Å². The highest BCUT2D eigenvalue weighted by molar-refractivity contribution is 5.24. The van der Waals surface area contributed by atoms with Crippen LogP contribution in [-0.2, 0) is 4.74 Å². The van der Waals surface area contributed by atoms with Crippen LogP contribution in [0.15, 0.2) is 12.2 Å². The van der Waals surface area contributed by atoms with Crippen molar-refractivity contribution in [3.05, 3.63) is 12.2 Å². The lowest BCUT2D eigenvalue weighted by molar-refractivity contribution is 0.108. The molecule has 0 unspecified atom stereocenters. The van der Waals surface area contributed by atoms with Crippen molar-refractivity contribution in [1.82, 2.24) is 4.90 Å². The van der Waals surface area contributed by atoms with Crippen LogP contribution in [-0.4, -0.2) is 36.7 Å². The maximum absolute atomic E-state index is 5.38. The fourth-order valence-corrected chi connectivity index (χ4v) is 2.49. The molecule has 68 valence electrons. The van der Waals surface area contributed by atoms with Gasteiger partial charge in [0.15, 0.2) is 0 Å². The molecule has 0 N–H and O–H groups in total. The van der Waals surface area contributed by atoms with Crippen LogP contribution in [0.25, 0.3) is 0 Å². The number of fused-ring (bicyclic) bond motifs is 1. The van der Waals surface area contributed by atoms with Crippen molar-refractivity contribution in [3.63, 3.8) is 0 Å². The highest BCUT2D eigenvalue weighted by Gasteiger charge is 2.47. The second kappa shape index (κ2) is 2.57. The summed E-state index contributed by atoms with van der Waals surface area (Å²) in [6.45, 7) is 8.70. The first-order valence-electron chi connectivity index (χ1n) is 4.63. The molecule has 2 fully saturated rings. The zero-order valence-electron chi connectivity index (χ0n) is 7.97. The molecule has 12 heavy (non-hydrogen) atoms. The van der Waals surface area contributed by atoms with E-state index in [1.54, 1.807) is 7.11 Å². The van der Waals surface area contributed by atoms with E-state index in [2.05, 4.69) is 18.4 Å². The Hall–Kier alpha value is -0.340. The van der Waals surface area contributed by atoms with Crippen LogP contribution in [0.5, 0.6) is 0 Å². The van der Waals surface area contributed by atoms with Gasteiger partial charge in [0, 0.05) is 25.7 Å². The highest BCUT2D eigenvalue weighted by atomic mass is 16.5. The molecule has 2 aliphatic rings. The van der Waals surface area contributed by atoms with E-state index in [1.807, 2.05) is 0 Å². The third-order valence-corrected chi connectivity index (χ3v) is 3.53. The number of nitrogens with zero attached hydrogens (tertiary/aromatic N) is 1. The van der Waals surface area contributed by atoms with Gasteiger partial charge in [0.25, 0.3) is 0 Å². The lowest BCUT2D eigenvalue weighted by atomic mass is 9.91. The summed E-state index contributed by atoms with van der Waals surface area (Å²) in [4.78, 5) is 2.50. The van der Waals surface area contributed by atoms with E-state index in [9.17, 15) is 0 Å². The largest absolute Gasteiger partial charge is 0.380 e. The van der Waals surface area contributed by atoms with Gasteiger partial charge in [-0.15, -0.1) is 0 Å². The second-order valence-electron chi connectivity index (χ2n) is 4.14. The Morgan fingerprint density at radius 3 is 3.00 bits per heavy atom. The average Bonchev–Trinajstić information content (AvgIpc) is 2.50. The van der Waals surface area contributed by atoms with E-state index in [0.29, 0.717) is 6.10 Å². The molecule has 0 aromatic carbocycles. The minimum absolute atomic E-state index is 0.251. The average molecular weight is 167 g/mol. The summed E-state index contributed by atoms with van der Waals surface area (Å²) in [7, 11) is 1.80. The lowest BCUT2D eigenvalue weighted by Gasteiger charge is -2.27. The number of ether oxygens (including phenoxy) is 1. The summed E-state index contributed by atoms with van der Waals surface area (Å²) >= 11 is 0. The summed E-state index contributed by atoms with van der Waals surface area (Å²) in [5.41, 5.74) is 1.64. The van der Waals surface area contributed by atoms with Crippen molar-refractivity contribution in [2.75, 3.05) is 20.2 Å². The molecule has 2 aliphatic heterocycles. The van der Waals surface area contributed by atoms with E-state index < -0.39 is 0 Å². The van der Waals surface area contributed by atoms with Crippen molar-refractivity contribution in [3.8, 4) is 0 Å². The minimum Gasteiger partial charge on any atom is -0.380 e. The molecular weight excluding hydrogens is 150 g/mol. The van der Waals surface area contributed by atoms with E-state index in [1.165, 1.54) is 18.5 Å². The Kier molecular flexibility index (Phi) is 1.77. The molecule has 2 heteroatoms. The van der Waals surface area contributed by atoms with Crippen LogP contribution >= 0.6 is 0 Å². The highest BCUT2D eigenvalue weighted by Crippen LogP contribution is 2.42. The predicted molar refractivity (Wildman–Crippen MR) is 49.1 cm³/mol. The van der Waals surface area contributed by atoms with Crippen molar-refractivity contribution in [2.24, 2.45) is 0 Å². The van der Waals surface area contributed by atoms with Crippen LogP contribution in [0.1, 0.15) is 19.8 Å². The Balaban J connectivity index is 2.18. The van der Waals surface area contributed by atoms with E-state index in [4.69, 9.17) is 4.74 Å². The molecule has 2 heterocycles. The molecule has 0 aromatic heterocycles. The number of rotatable bonds is 1. The number of hydrogen-bond acceptors (Lipinski definition) is 2. The second-order valence-corrected chi connectivity index (χ2v) is 4.14. The predicted octanol–water partition coefficient (Wildman–Crippen LogP) is 1.43. The van der Waals surface area contributed by atoms with Gasteiger partial charge in [-0.05, 0) is 19.8 Å². The fraction of sp³-hybridized carbons (Fsp3) is 0.800. The smallest absolute Gasteiger partial charge is 0.0719 e. The molecule has 0 spiro atoms. The molecule has 0 aliphatic carbocycles. The van der Waals surface area contributed by atoms with Crippen LogP contribution < -0.4 is 0 Å². The Morgan fingerprint density at radius 1 is 1.67 bits per heavy atom. The number of methoxy groups -OCH3 is 1. The normalized spacial score (nSPS) is 42.2. The molecule has 0 aromatic rings. The Bertz CT molecular complexity index is 214. The van der Waals surface area contributed by atoms with Crippen molar-refractivity contribution in [2.45, 2.75) is 31.4 Å². The third kappa shape index (κ3) is 0.947. The van der Waals surface area contributed by atoms with E-state index >= 15 is 0 Å². The zero-order chi connectivity index (χ0) is 8.77. The molecule has 2 rings (SSSR count). The first-order chi connectivity index (χ1) is 5.66. The summed E-state index contributed by atoms with van der Waals surface area (Å²) in [6, 6.07) is 0. The molecular formula is C10H17NO. The van der Waals surface area contributed by atoms with E-state index in [0.717, 1.165) is 13.0 Å². The van der Waals surface area contributed by atoms with Gasteiger partial charge in [0.1, 0.15) is 0 Å². The van der Waals surface area contributed by atoms with Gasteiger partial charge in [0.2, 0.25) is 0 Å². The van der Waals surface area contributed by atoms with Gasteiger partial charge in [-0.1, -0.05) is 12.2 Å². The summed E-state index contributed by atoms with van der Waals surface area (Å²) in [5.74, 6) is 0. The van der Waals surface area contributed by atoms with E-state index in [-0.39, 0.29) is 5.54 Å². The quantitative estimate of drug-likeness (QED) is 0.548. The molecule has 0 bridgehead atoms. The molecule has 0 amide bonds. The van der Waals surface area contributed by atoms with Gasteiger partial charge < -0.3 is 4.74 Å². The summed E-state index contributed by atoms with van der Waals surface area (Å²) in [5, 5.41) is 0. The van der Waals surface area contributed by atoms with Gasteiger partial charge in [-0.25, -0.2) is 0 Å². The lowest BCUT2D eigenvalue weighted by Crippen LogP contribution is -2.35. The van der Waals surface area contributed by atoms with Crippen molar-refractivity contribution in [1.29, 1.82) is 0 Å². The van der Waals surface area contributed by atoms with Gasteiger partial charge in [-0.2, -0.15) is 0 Å². The molecule has 2 nitrogen and oxygen atoms in total.